The first-order valence-electron chi connectivity index (χ1n) is 7.56. The molecule has 0 fully saturated rings. The topological polar surface area (TPSA) is 0 Å². The Balaban J connectivity index is 3.85. The average Bonchev–Trinajstić information content (AvgIpc) is 2.19. The van der Waals surface area contributed by atoms with E-state index in [0.29, 0.717) is 0 Å². The summed E-state index contributed by atoms with van der Waals surface area (Å²) in [6.45, 7) is 23.2. The van der Waals surface area contributed by atoms with E-state index in [0.717, 1.165) is 6.42 Å². The van der Waals surface area contributed by atoms with Crippen molar-refractivity contribution in [2.75, 3.05) is 0 Å². The van der Waals surface area contributed by atoms with Gasteiger partial charge >= 0.3 is 0 Å². The van der Waals surface area contributed by atoms with Crippen LogP contribution < -0.4 is 0 Å². The van der Waals surface area contributed by atoms with Crippen LogP contribution in [0.3, 0.4) is 0 Å². The van der Waals surface area contributed by atoms with Gasteiger partial charge < -0.3 is 0 Å². The van der Waals surface area contributed by atoms with Crippen LogP contribution >= 0.6 is 0 Å². The molecule has 0 saturated heterocycles. The quantitative estimate of drug-likeness (QED) is 0.601. The summed E-state index contributed by atoms with van der Waals surface area (Å²) in [6, 6.07) is 0. The van der Waals surface area contributed by atoms with Gasteiger partial charge in [-0.1, -0.05) is 48.5 Å². The molecule has 0 heterocycles. The Labute approximate surface area is 120 Å². The molecule has 1 aromatic rings. The van der Waals surface area contributed by atoms with Gasteiger partial charge in [0.1, 0.15) is 0 Å². The molecule has 0 amide bonds. The van der Waals surface area contributed by atoms with Gasteiger partial charge in [0.2, 0.25) is 0 Å². The third-order valence-corrected chi connectivity index (χ3v) is 4.30. The van der Waals surface area contributed by atoms with Crippen molar-refractivity contribution in [3.8, 4) is 0 Å². The van der Waals surface area contributed by atoms with Gasteiger partial charge in [0.05, 0.1) is 0 Å². The van der Waals surface area contributed by atoms with E-state index in [1.165, 1.54) is 16.7 Å². The molecule has 0 aromatic heterocycles. The molecule has 0 bridgehead atoms. The fourth-order valence-corrected chi connectivity index (χ4v) is 3.80. The molecular weight excluding hydrogens is 228 g/mol. The molecule has 0 nitrogen and oxygen atoms in total. The molecule has 0 aliphatic rings. The molecule has 0 saturated carbocycles. The minimum Gasteiger partial charge on any atom is -0.0613 e. The maximum Gasteiger partial charge on any atom is -0.0126 e. The molecule has 0 spiro atoms. The third-order valence-electron chi connectivity index (χ3n) is 4.30. The minimum absolute atomic E-state index is 0.221. The summed E-state index contributed by atoms with van der Waals surface area (Å²) in [7, 11) is 0. The van der Waals surface area contributed by atoms with Crippen molar-refractivity contribution in [1.82, 2.24) is 0 Å². The second-order valence-electron chi connectivity index (χ2n) is 7.96. The van der Waals surface area contributed by atoms with Gasteiger partial charge in [0.25, 0.3) is 0 Å². The van der Waals surface area contributed by atoms with Gasteiger partial charge in [-0.15, -0.1) is 0 Å². The fraction of sp³-hybridized carbons (Fsp3) is 0.684. The highest BCUT2D eigenvalue weighted by atomic mass is 14.3. The summed E-state index contributed by atoms with van der Waals surface area (Å²) in [4.78, 5) is 0. The summed E-state index contributed by atoms with van der Waals surface area (Å²) in [5.41, 5.74) is 9.64. The zero-order chi connectivity index (χ0) is 15.2. The zero-order valence-corrected chi connectivity index (χ0v) is 14.7. The van der Waals surface area contributed by atoms with Gasteiger partial charge in [0, 0.05) is 0 Å². The van der Waals surface area contributed by atoms with Gasteiger partial charge in [-0.05, 0) is 71.4 Å². The summed E-state index contributed by atoms with van der Waals surface area (Å²) in [6.07, 6.45) is 1.13. The molecule has 0 heteroatoms. The Morgan fingerprint density at radius 3 is 1.32 bits per heavy atom. The van der Waals surface area contributed by atoms with E-state index in [4.69, 9.17) is 0 Å². The Hall–Kier alpha value is -0.780. The van der Waals surface area contributed by atoms with E-state index in [1.54, 1.807) is 16.7 Å². The molecule has 0 atom stereocenters. The monoisotopic (exact) mass is 260 g/mol. The molecule has 0 aliphatic carbocycles. The molecule has 1 aromatic carbocycles. The van der Waals surface area contributed by atoms with E-state index in [2.05, 4.69) is 69.2 Å². The van der Waals surface area contributed by atoms with E-state index >= 15 is 0 Å². The van der Waals surface area contributed by atoms with Crippen molar-refractivity contribution in [2.45, 2.75) is 86.5 Å². The van der Waals surface area contributed by atoms with Crippen molar-refractivity contribution in [3.05, 3.63) is 33.4 Å². The summed E-state index contributed by atoms with van der Waals surface area (Å²) in [5.74, 6) is 0. The lowest BCUT2D eigenvalue weighted by Gasteiger charge is -2.34. The van der Waals surface area contributed by atoms with Crippen LogP contribution in [0.5, 0.6) is 0 Å². The predicted molar refractivity (Wildman–Crippen MR) is 87.4 cm³/mol. The van der Waals surface area contributed by atoms with Crippen LogP contribution in [0.15, 0.2) is 0 Å². The average molecular weight is 260 g/mol. The number of hydrogen-bond donors (Lipinski definition) is 0. The Bertz CT molecular complexity index is 476. The first-order valence-corrected chi connectivity index (χ1v) is 7.56. The highest BCUT2D eigenvalue weighted by Gasteiger charge is 2.28. The van der Waals surface area contributed by atoms with E-state index in [1.807, 2.05) is 0 Å². The molecule has 0 radical (unpaired) electrons. The molecule has 108 valence electrons. The zero-order valence-electron chi connectivity index (χ0n) is 14.7. The van der Waals surface area contributed by atoms with Crippen LogP contribution in [0, 0.1) is 20.8 Å². The van der Waals surface area contributed by atoms with Crippen LogP contribution in [0.2, 0.25) is 0 Å². The maximum atomic E-state index is 2.34. The summed E-state index contributed by atoms with van der Waals surface area (Å²) < 4.78 is 0. The number of benzene rings is 1. The smallest absolute Gasteiger partial charge is 0.0126 e. The van der Waals surface area contributed by atoms with Crippen molar-refractivity contribution >= 4 is 0 Å². The molecule has 0 N–H and O–H groups in total. The Morgan fingerprint density at radius 2 is 1.00 bits per heavy atom. The first kappa shape index (κ1) is 16.3. The SMILES string of the molecule is CCc1c(C)c(C(C)(C)C)c(C)c(C)c1C(C)(C)C. The van der Waals surface area contributed by atoms with Crippen molar-refractivity contribution in [2.24, 2.45) is 0 Å². The minimum atomic E-state index is 0.221. The summed E-state index contributed by atoms with van der Waals surface area (Å²) >= 11 is 0. The van der Waals surface area contributed by atoms with Gasteiger partial charge in [-0.2, -0.15) is 0 Å². The molecule has 0 aliphatic heterocycles. The number of rotatable bonds is 1. The highest BCUT2D eigenvalue weighted by Crippen LogP contribution is 2.39. The van der Waals surface area contributed by atoms with Crippen molar-refractivity contribution in [1.29, 1.82) is 0 Å². The van der Waals surface area contributed by atoms with Crippen LogP contribution in [-0.2, 0) is 17.3 Å². The predicted octanol–water partition coefficient (Wildman–Crippen LogP) is 5.77. The molecule has 0 unspecified atom stereocenters. The third kappa shape index (κ3) is 2.88. The molecule has 19 heavy (non-hydrogen) atoms. The van der Waals surface area contributed by atoms with Crippen LogP contribution in [0.1, 0.15) is 81.8 Å². The van der Waals surface area contributed by atoms with Crippen LogP contribution in [-0.4, -0.2) is 0 Å². The molecular formula is C19H32. The second kappa shape index (κ2) is 4.96. The fourth-order valence-electron chi connectivity index (χ4n) is 3.80. The maximum absolute atomic E-state index is 2.34. The largest absolute Gasteiger partial charge is 0.0613 e. The van der Waals surface area contributed by atoms with Crippen molar-refractivity contribution < 1.29 is 0 Å². The lowest BCUT2D eigenvalue weighted by atomic mass is 9.71. The second-order valence-corrected chi connectivity index (χ2v) is 7.96. The normalized spacial score (nSPS) is 12.9. The molecule has 1 rings (SSSR count). The Kier molecular flexibility index (Phi) is 4.25. The summed E-state index contributed by atoms with van der Waals surface area (Å²) in [5, 5.41) is 0. The van der Waals surface area contributed by atoms with Gasteiger partial charge in [-0.3, -0.25) is 0 Å². The van der Waals surface area contributed by atoms with E-state index in [9.17, 15) is 0 Å². The first-order chi connectivity index (χ1) is 8.42. The van der Waals surface area contributed by atoms with Gasteiger partial charge in [0.15, 0.2) is 0 Å². The van der Waals surface area contributed by atoms with Gasteiger partial charge in [-0.25, -0.2) is 0 Å². The van der Waals surface area contributed by atoms with Crippen molar-refractivity contribution in [3.63, 3.8) is 0 Å². The van der Waals surface area contributed by atoms with Crippen LogP contribution in [0.4, 0.5) is 0 Å². The Morgan fingerprint density at radius 1 is 0.632 bits per heavy atom. The lowest BCUT2D eigenvalue weighted by Crippen LogP contribution is -2.23. The number of hydrogen-bond acceptors (Lipinski definition) is 0. The van der Waals surface area contributed by atoms with E-state index < -0.39 is 0 Å². The lowest BCUT2D eigenvalue weighted by molar-refractivity contribution is 0.559. The standard InChI is InChI=1S/C19H32/c1-11-15-14(4)16(18(5,6)7)12(2)13(3)17(15)19(8,9)10/h11H2,1-10H3. The van der Waals surface area contributed by atoms with E-state index in [-0.39, 0.29) is 10.8 Å². The highest BCUT2D eigenvalue weighted by molar-refractivity contribution is 5.55. The van der Waals surface area contributed by atoms with Crippen LogP contribution in [0.25, 0.3) is 0 Å².